The Kier molecular flexibility index (Phi) is 4.90. The number of benzene rings is 1. The van der Waals surface area contributed by atoms with Gasteiger partial charge in [-0.3, -0.25) is 0 Å². The lowest BCUT2D eigenvalue weighted by Gasteiger charge is -2.33. The average molecular weight is 342 g/mol. The Hall–Kier alpha value is -1.03. The lowest BCUT2D eigenvalue weighted by molar-refractivity contribution is 0.156. The van der Waals surface area contributed by atoms with Gasteiger partial charge in [-0.15, -0.1) is 0 Å². The van der Waals surface area contributed by atoms with Crippen molar-refractivity contribution in [2.24, 2.45) is 0 Å². The Morgan fingerprint density at radius 2 is 1.41 bits per heavy atom. The molecule has 1 aromatic rings. The standard InChI is InChI=1S/C13H15F5O3Si/c1-21-22(19,20)7-4-2-3-6(5-7)8-9(14)11(16)13(18)12(17)10(8)15/h6-7,19-20H,2-5H2,1H3. The molecular formula is C13H15F5O3Si. The molecule has 3 nitrogen and oxygen atoms in total. The molecule has 1 aliphatic rings. The van der Waals surface area contributed by atoms with E-state index in [0.29, 0.717) is 12.8 Å². The lowest BCUT2D eigenvalue weighted by atomic mass is 9.83. The van der Waals surface area contributed by atoms with Crippen LogP contribution in [0.3, 0.4) is 0 Å². The fourth-order valence-electron chi connectivity index (χ4n) is 2.94. The maximum Gasteiger partial charge on any atom is 0.498 e. The molecule has 124 valence electrons. The Labute approximate surface area is 124 Å². The summed E-state index contributed by atoms with van der Waals surface area (Å²) in [5.41, 5.74) is -1.65. The smallest absolute Gasteiger partial charge is 0.390 e. The molecule has 0 bridgehead atoms. The third kappa shape index (κ3) is 2.90. The predicted molar refractivity (Wildman–Crippen MR) is 68.4 cm³/mol. The minimum atomic E-state index is -4.03. The average Bonchev–Trinajstić information content (AvgIpc) is 2.51. The van der Waals surface area contributed by atoms with E-state index < -0.39 is 54.9 Å². The summed E-state index contributed by atoms with van der Waals surface area (Å²) in [5.74, 6) is -10.9. The van der Waals surface area contributed by atoms with Crippen LogP contribution in [0.4, 0.5) is 22.0 Å². The quantitative estimate of drug-likeness (QED) is 0.384. The van der Waals surface area contributed by atoms with Crippen LogP contribution in [0.1, 0.15) is 37.2 Å². The second-order valence-corrected chi connectivity index (χ2v) is 7.95. The maximum absolute atomic E-state index is 13.8. The minimum Gasteiger partial charge on any atom is -0.390 e. The first-order valence-corrected chi connectivity index (χ1v) is 8.59. The van der Waals surface area contributed by atoms with E-state index in [9.17, 15) is 31.5 Å². The molecule has 0 aliphatic heterocycles. The third-order valence-corrected chi connectivity index (χ3v) is 6.35. The topological polar surface area (TPSA) is 49.7 Å². The van der Waals surface area contributed by atoms with Crippen LogP contribution in [0.5, 0.6) is 0 Å². The van der Waals surface area contributed by atoms with Crippen LogP contribution in [0.25, 0.3) is 0 Å². The second kappa shape index (κ2) is 6.23. The lowest BCUT2D eigenvalue weighted by Crippen LogP contribution is -2.44. The van der Waals surface area contributed by atoms with Crippen molar-refractivity contribution in [2.45, 2.75) is 37.1 Å². The number of hydrogen-bond donors (Lipinski definition) is 2. The van der Waals surface area contributed by atoms with Crippen LogP contribution in [0, 0.1) is 29.1 Å². The van der Waals surface area contributed by atoms with Crippen LogP contribution in [-0.2, 0) is 4.43 Å². The molecule has 0 heterocycles. The van der Waals surface area contributed by atoms with Crippen LogP contribution < -0.4 is 0 Å². The fourth-order valence-corrected chi connectivity index (χ4v) is 4.45. The molecule has 2 rings (SSSR count). The van der Waals surface area contributed by atoms with Gasteiger partial charge in [0.25, 0.3) is 0 Å². The Balaban J connectivity index is 2.40. The molecule has 0 aromatic heterocycles. The molecule has 1 aromatic carbocycles. The van der Waals surface area contributed by atoms with E-state index in [4.69, 9.17) is 0 Å². The molecule has 0 radical (unpaired) electrons. The molecule has 2 N–H and O–H groups in total. The van der Waals surface area contributed by atoms with Crippen molar-refractivity contribution in [3.63, 3.8) is 0 Å². The zero-order chi connectivity index (χ0) is 16.7. The molecule has 1 saturated carbocycles. The highest BCUT2D eigenvalue weighted by molar-refractivity contribution is 6.59. The number of halogens is 5. The predicted octanol–water partition coefficient (Wildman–Crippen LogP) is 2.98. The van der Waals surface area contributed by atoms with Gasteiger partial charge in [0, 0.05) is 18.2 Å². The van der Waals surface area contributed by atoms with Crippen molar-refractivity contribution in [1.29, 1.82) is 0 Å². The molecule has 0 saturated heterocycles. The van der Waals surface area contributed by atoms with Gasteiger partial charge in [-0.05, 0) is 25.2 Å². The number of hydrogen-bond acceptors (Lipinski definition) is 3. The van der Waals surface area contributed by atoms with Gasteiger partial charge >= 0.3 is 8.80 Å². The zero-order valence-electron chi connectivity index (χ0n) is 11.7. The molecule has 1 fully saturated rings. The van der Waals surface area contributed by atoms with Gasteiger partial charge < -0.3 is 14.0 Å². The van der Waals surface area contributed by atoms with Crippen molar-refractivity contribution >= 4 is 8.80 Å². The first kappa shape index (κ1) is 17.3. The Morgan fingerprint density at radius 1 is 0.909 bits per heavy atom. The molecule has 2 atom stereocenters. The highest BCUT2D eigenvalue weighted by atomic mass is 28.4. The third-order valence-electron chi connectivity index (χ3n) is 4.16. The van der Waals surface area contributed by atoms with Crippen molar-refractivity contribution in [2.75, 3.05) is 7.11 Å². The highest BCUT2D eigenvalue weighted by Gasteiger charge is 2.45. The number of rotatable bonds is 3. The van der Waals surface area contributed by atoms with Gasteiger partial charge in [-0.2, -0.15) is 0 Å². The zero-order valence-corrected chi connectivity index (χ0v) is 12.7. The van der Waals surface area contributed by atoms with Crippen molar-refractivity contribution in [3.05, 3.63) is 34.6 Å². The molecule has 0 spiro atoms. The van der Waals surface area contributed by atoms with Gasteiger partial charge in [-0.25, -0.2) is 22.0 Å². The Bertz CT molecular complexity index is 552. The van der Waals surface area contributed by atoms with Crippen molar-refractivity contribution < 1.29 is 36.0 Å². The van der Waals surface area contributed by atoms with Gasteiger partial charge in [0.15, 0.2) is 23.3 Å². The molecule has 0 amide bonds. The van der Waals surface area contributed by atoms with Gasteiger partial charge in [0.1, 0.15) is 0 Å². The SMILES string of the molecule is CO[Si](O)(O)C1CCCC(c2c(F)c(F)c(F)c(F)c2F)C1. The highest BCUT2D eigenvalue weighted by Crippen LogP contribution is 2.44. The van der Waals surface area contributed by atoms with Crippen molar-refractivity contribution in [3.8, 4) is 0 Å². The summed E-state index contributed by atoms with van der Waals surface area (Å²) >= 11 is 0. The van der Waals surface area contributed by atoms with Gasteiger partial charge in [0.2, 0.25) is 5.82 Å². The van der Waals surface area contributed by atoms with E-state index in [0.717, 1.165) is 7.11 Å². The largest absolute Gasteiger partial charge is 0.498 e. The fraction of sp³-hybridized carbons (Fsp3) is 0.538. The second-order valence-electron chi connectivity index (χ2n) is 5.41. The van der Waals surface area contributed by atoms with Gasteiger partial charge in [-0.1, -0.05) is 6.42 Å². The summed E-state index contributed by atoms with van der Waals surface area (Å²) in [6.45, 7) is 0. The van der Waals surface area contributed by atoms with E-state index >= 15 is 0 Å². The van der Waals surface area contributed by atoms with Crippen LogP contribution in [0.15, 0.2) is 0 Å². The van der Waals surface area contributed by atoms with E-state index in [1.807, 2.05) is 0 Å². The van der Waals surface area contributed by atoms with E-state index in [-0.39, 0.29) is 12.8 Å². The van der Waals surface area contributed by atoms with E-state index in [2.05, 4.69) is 4.43 Å². The molecular weight excluding hydrogens is 327 g/mol. The summed E-state index contributed by atoms with van der Waals surface area (Å²) in [5, 5.41) is 0. The molecule has 9 heteroatoms. The molecule has 22 heavy (non-hydrogen) atoms. The summed E-state index contributed by atoms with van der Waals surface area (Å²) in [6, 6.07) is 0. The molecule has 1 aliphatic carbocycles. The summed E-state index contributed by atoms with van der Waals surface area (Å²) < 4.78 is 71.9. The minimum absolute atomic E-state index is 0.106. The monoisotopic (exact) mass is 342 g/mol. The van der Waals surface area contributed by atoms with E-state index in [1.165, 1.54) is 0 Å². The van der Waals surface area contributed by atoms with E-state index in [1.54, 1.807) is 0 Å². The normalized spacial score (nSPS) is 22.9. The Morgan fingerprint density at radius 3 is 1.91 bits per heavy atom. The van der Waals surface area contributed by atoms with Crippen LogP contribution in [-0.4, -0.2) is 25.5 Å². The molecule has 2 unspecified atom stereocenters. The maximum atomic E-state index is 13.8. The van der Waals surface area contributed by atoms with Crippen molar-refractivity contribution in [1.82, 2.24) is 0 Å². The summed E-state index contributed by atoms with van der Waals surface area (Å²) in [6.07, 6.45) is 0.821. The first-order valence-electron chi connectivity index (χ1n) is 6.71. The first-order chi connectivity index (χ1) is 10.2. The van der Waals surface area contributed by atoms with Crippen LogP contribution in [0.2, 0.25) is 5.54 Å². The van der Waals surface area contributed by atoms with Gasteiger partial charge in [0.05, 0.1) is 0 Å². The van der Waals surface area contributed by atoms with Crippen LogP contribution >= 0.6 is 0 Å². The summed E-state index contributed by atoms with van der Waals surface area (Å²) in [7, 11) is -2.93. The summed E-state index contributed by atoms with van der Waals surface area (Å²) in [4.78, 5) is 19.6.